The van der Waals surface area contributed by atoms with Crippen molar-refractivity contribution in [3.8, 4) is 5.69 Å². The minimum atomic E-state index is -0.157. The van der Waals surface area contributed by atoms with Gasteiger partial charge in [-0.2, -0.15) is 5.10 Å². The maximum atomic E-state index is 13.0. The Morgan fingerprint density at radius 2 is 2.07 bits per heavy atom. The van der Waals surface area contributed by atoms with Crippen molar-refractivity contribution in [2.75, 3.05) is 11.9 Å². The molecule has 1 aliphatic heterocycles. The first-order valence-electron chi connectivity index (χ1n) is 9.83. The Labute approximate surface area is 174 Å². The molecule has 2 aromatic heterocycles. The molecule has 0 saturated carbocycles. The molecule has 3 aromatic rings. The highest BCUT2D eigenvalue weighted by Gasteiger charge is 2.29. The molecule has 1 aromatic carbocycles. The van der Waals surface area contributed by atoms with Gasteiger partial charge in [-0.05, 0) is 73.7 Å². The van der Waals surface area contributed by atoms with E-state index in [4.69, 9.17) is 0 Å². The van der Waals surface area contributed by atoms with Crippen LogP contribution in [-0.4, -0.2) is 39.0 Å². The van der Waals surface area contributed by atoms with Gasteiger partial charge in [0.15, 0.2) is 5.78 Å². The topological polar surface area (TPSA) is 67.2 Å². The number of amides is 1. The number of thiophene rings is 1. The molecule has 6 nitrogen and oxygen atoms in total. The number of nitrogens with one attached hydrogen (secondary N) is 1. The van der Waals surface area contributed by atoms with Crippen molar-refractivity contribution in [3.63, 3.8) is 0 Å². The third-order valence-corrected chi connectivity index (χ3v) is 6.29. The minimum Gasteiger partial charge on any atom is -0.325 e. The summed E-state index contributed by atoms with van der Waals surface area (Å²) < 4.78 is 1.78. The van der Waals surface area contributed by atoms with E-state index in [9.17, 15) is 9.59 Å². The Morgan fingerprint density at radius 1 is 1.24 bits per heavy atom. The molecule has 1 N–H and O–H groups in total. The largest absolute Gasteiger partial charge is 0.325 e. The summed E-state index contributed by atoms with van der Waals surface area (Å²) in [5.41, 5.74) is 2.83. The predicted octanol–water partition coefficient (Wildman–Crippen LogP) is 4.13. The lowest BCUT2D eigenvalue weighted by Gasteiger charge is -2.34. The number of Topliss-reactive ketones (excluding diaryl/α,β-unsaturated/α-hetero) is 1. The number of nitrogens with zero attached hydrogens (tertiary/aromatic N) is 3. The summed E-state index contributed by atoms with van der Waals surface area (Å²) in [6.45, 7) is 3.17. The summed E-state index contributed by atoms with van der Waals surface area (Å²) in [6, 6.07) is 11.4. The lowest BCUT2D eigenvalue weighted by molar-refractivity contribution is -0.122. The lowest BCUT2D eigenvalue weighted by atomic mass is 10.0. The van der Waals surface area contributed by atoms with E-state index in [1.54, 1.807) is 17.8 Å². The molecule has 0 spiro atoms. The van der Waals surface area contributed by atoms with Crippen molar-refractivity contribution in [2.45, 2.75) is 38.8 Å². The molecule has 1 fully saturated rings. The number of carbonyl (C=O) groups excluding carboxylic acids is 2. The van der Waals surface area contributed by atoms with Crippen LogP contribution in [0.25, 0.3) is 5.69 Å². The smallest absolute Gasteiger partial charge is 0.241 e. The number of ketones is 1. The Hall–Kier alpha value is -2.77. The maximum Gasteiger partial charge on any atom is 0.241 e. The van der Waals surface area contributed by atoms with Crippen LogP contribution in [0.1, 0.15) is 41.4 Å². The van der Waals surface area contributed by atoms with Gasteiger partial charge in [0.05, 0.1) is 16.6 Å². The van der Waals surface area contributed by atoms with Gasteiger partial charge in [0.2, 0.25) is 5.91 Å². The molecule has 4 rings (SSSR count). The first-order chi connectivity index (χ1) is 14.1. The molecule has 1 saturated heterocycles. The molecule has 3 heterocycles. The Kier molecular flexibility index (Phi) is 5.87. The van der Waals surface area contributed by atoms with Crippen molar-refractivity contribution < 1.29 is 9.59 Å². The average molecular weight is 409 g/mol. The molecule has 0 aliphatic carbocycles. The fourth-order valence-corrected chi connectivity index (χ4v) is 4.51. The zero-order valence-corrected chi connectivity index (χ0v) is 17.2. The highest BCUT2D eigenvalue weighted by molar-refractivity contribution is 7.12. The van der Waals surface area contributed by atoms with E-state index in [0.29, 0.717) is 6.54 Å². The summed E-state index contributed by atoms with van der Waals surface area (Å²) in [5, 5.41) is 9.30. The number of aromatic nitrogens is 2. The fourth-order valence-electron chi connectivity index (χ4n) is 3.70. The summed E-state index contributed by atoms with van der Waals surface area (Å²) >= 11 is 1.47. The zero-order chi connectivity index (χ0) is 20.2. The van der Waals surface area contributed by atoms with E-state index in [1.807, 2.05) is 48.0 Å². The van der Waals surface area contributed by atoms with Gasteiger partial charge in [0.25, 0.3) is 0 Å². The molecular formula is C22H24N4O2S. The van der Waals surface area contributed by atoms with Crippen LogP contribution in [0.4, 0.5) is 5.69 Å². The second-order valence-electron chi connectivity index (χ2n) is 7.34. The van der Waals surface area contributed by atoms with Gasteiger partial charge < -0.3 is 5.32 Å². The van der Waals surface area contributed by atoms with Crippen LogP contribution in [0, 0.1) is 0 Å². The molecule has 29 heavy (non-hydrogen) atoms. The van der Waals surface area contributed by atoms with Gasteiger partial charge in [-0.1, -0.05) is 6.42 Å². The second kappa shape index (κ2) is 8.71. The Bertz CT molecular complexity index is 979. The van der Waals surface area contributed by atoms with Crippen molar-refractivity contribution in [2.24, 2.45) is 0 Å². The Balaban J connectivity index is 1.42. The summed E-state index contributed by atoms with van der Waals surface area (Å²) in [7, 11) is 0. The van der Waals surface area contributed by atoms with Gasteiger partial charge in [0.1, 0.15) is 0 Å². The summed E-state index contributed by atoms with van der Waals surface area (Å²) in [6.07, 6.45) is 6.61. The van der Waals surface area contributed by atoms with Gasteiger partial charge in [-0.15, -0.1) is 11.3 Å². The van der Waals surface area contributed by atoms with E-state index in [2.05, 4.69) is 15.3 Å². The number of anilines is 1. The Morgan fingerprint density at radius 3 is 2.76 bits per heavy atom. The van der Waals surface area contributed by atoms with Gasteiger partial charge in [0, 0.05) is 24.6 Å². The first-order valence-corrected chi connectivity index (χ1v) is 10.7. The van der Waals surface area contributed by atoms with Crippen molar-refractivity contribution >= 4 is 28.7 Å². The SMILES string of the molecule is CC(=O)c1cc(CN2CCCC[C@H]2C(=O)Nc2ccc(-n3cccn3)cc2)cs1. The van der Waals surface area contributed by atoms with Crippen molar-refractivity contribution in [3.05, 3.63) is 64.6 Å². The van der Waals surface area contributed by atoms with Gasteiger partial charge in [-0.3, -0.25) is 14.5 Å². The predicted molar refractivity (Wildman–Crippen MR) is 115 cm³/mol. The average Bonchev–Trinajstić information content (AvgIpc) is 3.41. The minimum absolute atomic E-state index is 0.0264. The van der Waals surface area contributed by atoms with E-state index in [0.717, 1.165) is 47.6 Å². The third kappa shape index (κ3) is 4.63. The third-order valence-electron chi connectivity index (χ3n) is 5.21. The first kappa shape index (κ1) is 19.5. The van der Waals surface area contributed by atoms with Crippen LogP contribution in [0.15, 0.2) is 54.2 Å². The van der Waals surface area contributed by atoms with Crippen LogP contribution in [0.2, 0.25) is 0 Å². The van der Waals surface area contributed by atoms with Crippen LogP contribution >= 0.6 is 11.3 Å². The summed E-state index contributed by atoms with van der Waals surface area (Å²) in [5.74, 6) is 0.117. The normalized spacial score (nSPS) is 17.2. The highest BCUT2D eigenvalue weighted by atomic mass is 32.1. The molecule has 1 atom stereocenters. The number of benzene rings is 1. The molecule has 0 unspecified atom stereocenters. The standard InChI is InChI=1S/C22H24N4O2S/c1-16(27)21-13-17(15-29-21)14-25-11-3-2-5-20(25)22(28)24-18-6-8-19(9-7-18)26-12-4-10-23-26/h4,6-10,12-13,15,20H,2-3,5,11,14H2,1H3,(H,24,28)/t20-/m0/s1. The molecule has 0 bridgehead atoms. The quantitative estimate of drug-likeness (QED) is 0.623. The second-order valence-corrected chi connectivity index (χ2v) is 8.26. The number of rotatable bonds is 6. The number of likely N-dealkylation sites (tertiary alicyclic amines) is 1. The zero-order valence-electron chi connectivity index (χ0n) is 16.4. The van der Waals surface area contributed by atoms with Gasteiger partial charge in [-0.25, -0.2) is 4.68 Å². The van der Waals surface area contributed by atoms with Crippen molar-refractivity contribution in [1.82, 2.24) is 14.7 Å². The lowest BCUT2D eigenvalue weighted by Crippen LogP contribution is -2.46. The number of hydrogen-bond donors (Lipinski definition) is 1. The number of hydrogen-bond acceptors (Lipinski definition) is 5. The van der Waals surface area contributed by atoms with Crippen LogP contribution in [-0.2, 0) is 11.3 Å². The highest BCUT2D eigenvalue weighted by Crippen LogP contribution is 2.24. The number of piperidine rings is 1. The molecule has 7 heteroatoms. The maximum absolute atomic E-state index is 13.0. The van der Waals surface area contributed by atoms with Crippen LogP contribution < -0.4 is 5.32 Å². The van der Waals surface area contributed by atoms with E-state index in [1.165, 1.54) is 11.3 Å². The van der Waals surface area contributed by atoms with Crippen LogP contribution in [0.5, 0.6) is 0 Å². The van der Waals surface area contributed by atoms with E-state index < -0.39 is 0 Å². The van der Waals surface area contributed by atoms with Crippen LogP contribution in [0.3, 0.4) is 0 Å². The molecule has 150 valence electrons. The van der Waals surface area contributed by atoms with Gasteiger partial charge >= 0.3 is 0 Å². The molecular weight excluding hydrogens is 384 g/mol. The molecule has 1 aliphatic rings. The summed E-state index contributed by atoms with van der Waals surface area (Å²) in [4.78, 5) is 27.5. The molecule has 1 amide bonds. The number of carbonyl (C=O) groups is 2. The van der Waals surface area contributed by atoms with E-state index >= 15 is 0 Å². The molecule has 0 radical (unpaired) electrons. The van der Waals surface area contributed by atoms with Crippen molar-refractivity contribution in [1.29, 1.82) is 0 Å². The fraction of sp³-hybridized carbons (Fsp3) is 0.318. The van der Waals surface area contributed by atoms with E-state index in [-0.39, 0.29) is 17.7 Å². The monoisotopic (exact) mass is 408 g/mol.